The largest absolute Gasteiger partial charge is 0.285 e. The molecule has 1 heteroatoms. The van der Waals surface area contributed by atoms with Crippen LogP contribution in [0.3, 0.4) is 0 Å². The zero-order valence-corrected chi connectivity index (χ0v) is 11.5. The molecule has 0 bridgehead atoms. The van der Waals surface area contributed by atoms with Crippen LogP contribution in [0.4, 0.5) is 0 Å². The highest BCUT2D eigenvalue weighted by Gasteiger charge is 2.02. The predicted molar refractivity (Wildman–Crippen MR) is 86.4 cm³/mol. The molecule has 0 amide bonds. The fourth-order valence-electron chi connectivity index (χ4n) is 2.37. The van der Waals surface area contributed by atoms with Gasteiger partial charge in [0.2, 0.25) is 0 Å². The number of fused-ring (bicyclic) bond motifs is 1. The van der Waals surface area contributed by atoms with Crippen LogP contribution in [0.1, 0.15) is 24.1 Å². The molecule has 3 aromatic rings. The summed E-state index contributed by atoms with van der Waals surface area (Å²) in [6.45, 7) is 2.12. The summed E-state index contributed by atoms with van der Waals surface area (Å²) in [5.74, 6) is 0. The number of hydrogen-bond donors (Lipinski definition) is 0. The Morgan fingerprint density at radius 3 is 2.35 bits per heavy atom. The third-order valence-corrected chi connectivity index (χ3v) is 3.54. The quantitative estimate of drug-likeness (QED) is 0.586. The zero-order valence-electron chi connectivity index (χ0n) is 11.5. The molecular formula is C19H17N. The van der Waals surface area contributed by atoms with E-state index < -0.39 is 0 Å². The standard InChI is InChI=1S/C19H17N/c1-15(16-8-3-2-4-9-16)20-14-18-12-7-11-17-10-5-6-13-19(17)18/h2-15H,1H3/t15-/m0/s1. The Bertz CT molecular complexity index is 724. The molecule has 0 aliphatic heterocycles. The normalized spacial score (nSPS) is 12.8. The summed E-state index contributed by atoms with van der Waals surface area (Å²) in [7, 11) is 0. The maximum Gasteiger partial charge on any atom is 0.0721 e. The van der Waals surface area contributed by atoms with Gasteiger partial charge < -0.3 is 0 Å². The Morgan fingerprint density at radius 1 is 0.800 bits per heavy atom. The van der Waals surface area contributed by atoms with Crippen molar-refractivity contribution >= 4 is 17.0 Å². The molecule has 0 aliphatic carbocycles. The Kier molecular flexibility index (Phi) is 3.60. The van der Waals surface area contributed by atoms with Gasteiger partial charge in [0.1, 0.15) is 0 Å². The number of rotatable bonds is 3. The minimum atomic E-state index is 0.176. The van der Waals surface area contributed by atoms with Crippen LogP contribution in [0.5, 0.6) is 0 Å². The van der Waals surface area contributed by atoms with Crippen LogP contribution >= 0.6 is 0 Å². The van der Waals surface area contributed by atoms with E-state index in [9.17, 15) is 0 Å². The van der Waals surface area contributed by atoms with E-state index in [1.807, 2.05) is 12.3 Å². The van der Waals surface area contributed by atoms with E-state index in [0.717, 1.165) is 0 Å². The van der Waals surface area contributed by atoms with Crippen molar-refractivity contribution in [2.24, 2.45) is 4.99 Å². The average Bonchev–Trinajstić information content (AvgIpc) is 2.53. The first-order valence-electron chi connectivity index (χ1n) is 6.90. The minimum Gasteiger partial charge on any atom is -0.285 e. The summed E-state index contributed by atoms with van der Waals surface area (Å²) >= 11 is 0. The van der Waals surface area contributed by atoms with E-state index in [2.05, 4.69) is 78.6 Å². The Balaban J connectivity index is 1.91. The number of benzene rings is 3. The lowest BCUT2D eigenvalue weighted by Crippen LogP contribution is -1.91. The fourth-order valence-corrected chi connectivity index (χ4v) is 2.37. The Hall–Kier alpha value is -2.41. The van der Waals surface area contributed by atoms with E-state index in [1.165, 1.54) is 21.9 Å². The summed E-state index contributed by atoms with van der Waals surface area (Å²) in [5, 5.41) is 2.50. The Morgan fingerprint density at radius 2 is 1.50 bits per heavy atom. The van der Waals surface area contributed by atoms with Crippen LogP contribution in [-0.4, -0.2) is 6.21 Å². The van der Waals surface area contributed by atoms with Gasteiger partial charge in [-0.3, -0.25) is 4.99 Å². The summed E-state index contributed by atoms with van der Waals surface area (Å²) in [5.41, 5.74) is 2.41. The monoisotopic (exact) mass is 259 g/mol. The lowest BCUT2D eigenvalue weighted by Gasteiger charge is -2.06. The van der Waals surface area contributed by atoms with E-state index >= 15 is 0 Å². The molecule has 0 unspecified atom stereocenters. The van der Waals surface area contributed by atoms with Gasteiger partial charge in [0, 0.05) is 11.8 Å². The molecule has 1 atom stereocenters. The van der Waals surface area contributed by atoms with E-state index in [-0.39, 0.29) is 6.04 Å². The lowest BCUT2D eigenvalue weighted by atomic mass is 10.1. The molecule has 0 saturated carbocycles. The van der Waals surface area contributed by atoms with Gasteiger partial charge in [0.25, 0.3) is 0 Å². The molecule has 0 saturated heterocycles. The summed E-state index contributed by atoms with van der Waals surface area (Å²) in [6.07, 6.45) is 1.99. The van der Waals surface area contributed by atoms with Gasteiger partial charge in [-0.25, -0.2) is 0 Å². The SMILES string of the molecule is C[C@H](N=Cc1cccc2ccccc12)c1ccccc1. The van der Waals surface area contributed by atoms with Crippen LogP contribution < -0.4 is 0 Å². The van der Waals surface area contributed by atoms with Crippen LogP contribution in [0.25, 0.3) is 10.8 Å². The first-order valence-corrected chi connectivity index (χ1v) is 6.90. The van der Waals surface area contributed by atoms with Gasteiger partial charge in [-0.2, -0.15) is 0 Å². The first kappa shape index (κ1) is 12.6. The van der Waals surface area contributed by atoms with E-state index in [0.29, 0.717) is 0 Å². The molecule has 0 spiro atoms. The first-order chi connectivity index (χ1) is 9.84. The molecule has 0 fully saturated rings. The molecule has 0 aromatic heterocycles. The second-order valence-electron chi connectivity index (χ2n) is 4.93. The maximum atomic E-state index is 4.69. The fraction of sp³-hybridized carbons (Fsp3) is 0.105. The topological polar surface area (TPSA) is 12.4 Å². The van der Waals surface area contributed by atoms with Crippen LogP contribution in [-0.2, 0) is 0 Å². The van der Waals surface area contributed by atoms with Gasteiger partial charge in [-0.05, 0) is 23.3 Å². The molecule has 20 heavy (non-hydrogen) atoms. The lowest BCUT2D eigenvalue weighted by molar-refractivity contribution is 0.825. The van der Waals surface area contributed by atoms with Crippen LogP contribution in [0.2, 0.25) is 0 Å². The zero-order chi connectivity index (χ0) is 13.8. The van der Waals surface area contributed by atoms with Gasteiger partial charge >= 0.3 is 0 Å². The molecular weight excluding hydrogens is 242 g/mol. The van der Waals surface area contributed by atoms with Crippen molar-refractivity contribution in [3.8, 4) is 0 Å². The number of hydrogen-bond acceptors (Lipinski definition) is 1. The minimum absolute atomic E-state index is 0.176. The molecule has 0 heterocycles. The molecule has 98 valence electrons. The molecule has 0 aliphatic rings. The summed E-state index contributed by atoms with van der Waals surface area (Å²) < 4.78 is 0. The third-order valence-electron chi connectivity index (χ3n) is 3.54. The van der Waals surface area contributed by atoms with Crippen molar-refractivity contribution in [1.29, 1.82) is 0 Å². The van der Waals surface area contributed by atoms with Gasteiger partial charge in [-0.15, -0.1) is 0 Å². The number of nitrogens with zero attached hydrogens (tertiary/aromatic N) is 1. The van der Waals surface area contributed by atoms with Gasteiger partial charge in [0.05, 0.1) is 6.04 Å². The molecule has 0 N–H and O–H groups in total. The average molecular weight is 259 g/mol. The Labute approximate surface area is 119 Å². The van der Waals surface area contributed by atoms with E-state index in [1.54, 1.807) is 0 Å². The van der Waals surface area contributed by atoms with Crippen LogP contribution in [0, 0.1) is 0 Å². The highest BCUT2D eigenvalue weighted by Crippen LogP contribution is 2.19. The summed E-state index contributed by atoms with van der Waals surface area (Å²) in [4.78, 5) is 4.69. The van der Waals surface area contributed by atoms with Crippen molar-refractivity contribution < 1.29 is 0 Å². The smallest absolute Gasteiger partial charge is 0.0721 e. The van der Waals surface area contributed by atoms with E-state index in [4.69, 9.17) is 0 Å². The third kappa shape index (κ3) is 2.62. The number of aliphatic imine (C=N–C) groups is 1. The van der Waals surface area contributed by atoms with Crippen molar-refractivity contribution in [1.82, 2.24) is 0 Å². The van der Waals surface area contributed by atoms with Crippen molar-refractivity contribution in [2.75, 3.05) is 0 Å². The predicted octanol–water partition coefficient (Wildman–Crippen LogP) is 5.02. The van der Waals surface area contributed by atoms with Gasteiger partial charge in [-0.1, -0.05) is 72.8 Å². The molecule has 3 aromatic carbocycles. The van der Waals surface area contributed by atoms with Crippen molar-refractivity contribution in [2.45, 2.75) is 13.0 Å². The molecule has 0 radical (unpaired) electrons. The van der Waals surface area contributed by atoms with Crippen molar-refractivity contribution in [3.05, 3.63) is 83.9 Å². The van der Waals surface area contributed by atoms with Crippen LogP contribution in [0.15, 0.2) is 77.8 Å². The highest BCUT2D eigenvalue weighted by molar-refractivity contribution is 5.99. The molecule has 3 rings (SSSR count). The molecule has 1 nitrogen and oxygen atoms in total. The van der Waals surface area contributed by atoms with Gasteiger partial charge in [0.15, 0.2) is 0 Å². The highest BCUT2D eigenvalue weighted by atomic mass is 14.8. The summed E-state index contributed by atoms with van der Waals surface area (Å²) in [6, 6.07) is 25.3. The second kappa shape index (κ2) is 5.70. The second-order valence-corrected chi connectivity index (χ2v) is 4.93. The maximum absolute atomic E-state index is 4.69. The van der Waals surface area contributed by atoms with Crippen molar-refractivity contribution in [3.63, 3.8) is 0 Å².